The SMILES string of the molecule is COc1cc(OC)nc(Oc2cccc(Oc3cccc(F)c3)c2C(=O)OCC[Si](C)(C)C)n1. The van der Waals surface area contributed by atoms with Gasteiger partial charge in [-0.2, -0.15) is 9.97 Å². The fraction of sp³-hybridized carbons (Fsp3) is 0.292. The van der Waals surface area contributed by atoms with Gasteiger partial charge in [-0.3, -0.25) is 0 Å². The molecular weight excluding hydrogens is 459 g/mol. The second-order valence-electron chi connectivity index (χ2n) is 8.47. The van der Waals surface area contributed by atoms with E-state index in [4.69, 9.17) is 23.7 Å². The highest BCUT2D eigenvalue weighted by Crippen LogP contribution is 2.35. The topological polar surface area (TPSA) is 89.0 Å². The van der Waals surface area contributed by atoms with E-state index in [-0.39, 0.29) is 47.2 Å². The van der Waals surface area contributed by atoms with E-state index in [2.05, 4.69) is 29.6 Å². The maximum atomic E-state index is 13.7. The Morgan fingerprint density at radius 3 is 2.12 bits per heavy atom. The van der Waals surface area contributed by atoms with E-state index in [0.717, 1.165) is 6.04 Å². The largest absolute Gasteiger partial charge is 0.481 e. The number of hydrogen-bond donors (Lipinski definition) is 0. The molecule has 0 unspecified atom stereocenters. The van der Waals surface area contributed by atoms with Gasteiger partial charge in [0.2, 0.25) is 11.8 Å². The molecule has 0 aliphatic rings. The summed E-state index contributed by atoms with van der Waals surface area (Å²) in [5.41, 5.74) is 0.0210. The Morgan fingerprint density at radius 1 is 0.912 bits per heavy atom. The molecule has 1 aromatic heterocycles. The molecule has 2 aromatic carbocycles. The average molecular weight is 487 g/mol. The summed E-state index contributed by atoms with van der Waals surface area (Å²) in [7, 11) is 1.46. The molecule has 0 amide bonds. The zero-order valence-corrected chi connectivity index (χ0v) is 20.8. The van der Waals surface area contributed by atoms with Crippen molar-refractivity contribution in [3.63, 3.8) is 0 Å². The maximum Gasteiger partial charge on any atom is 0.345 e. The molecule has 34 heavy (non-hydrogen) atoms. The smallest absolute Gasteiger partial charge is 0.345 e. The maximum absolute atomic E-state index is 13.7. The van der Waals surface area contributed by atoms with Gasteiger partial charge in [-0.15, -0.1) is 0 Å². The molecule has 0 N–H and O–H groups in total. The van der Waals surface area contributed by atoms with Crippen LogP contribution in [0, 0.1) is 5.82 Å². The molecule has 0 radical (unpaired) electrons. The molecule has 0 atom stereocenters. The third-order valence-electron chi connectivity index (χ3n) is 4.58. The van der Waals surface area contributed by atoms with Crippen molar-refractivity contribution in [1.82, 2.24) is 9.97 Å². The van der Waals surface area contributed by atoms with Crippen LogP contribution < -0.4 is 18.9 Å². The van der Waals surface area contributed by atoms with Crippen molar-refractivity contribution in [2.45, 2.75) is 25.7 Å². The summed E-state index contributed by atoms with van der Waals surface area (Å²) in [5, 5.41) is 0. The molecular formula is C24H27FN2O6Si. The number of aromatic nitrogens is 2. The number of halogens is 1. The number of esters is 1. The van der Waals surface area contributed by atoms with Crippen molar-refractivity contribution in [3.8, 4) is 35.0 Å². The third-order valence-corrected chi connectivity index (χ3v) is 6.28. The van der Waals surface area contributed by atoms with Crippen molar-refractivity contribution < 1.29 is 32.9 Å². The van der Waals surface area contributed by atoms with Gasteiger partial charge in [0.05, 0.1) is 26.9 Å². The Morgan fingerprint density at radius 2 is 1.53 bits per heavy atom. The van der Waals surface area contributed by atoms with Gasteiger partial charge < -0.3 is 23.7 Å². The van der Waals surface area contributed by atoms with Crippen LogP contribution in [0.1, 0.15) is 10.4 Å². The Labute approximate surface area is 198 Å². The minimum absolute atomic E-state index is 0.0210. The number of methoxy groups -OCH3 is 2. The second kappa shape index (κ2) is 11.0. The first-order valence-corrected chi connectivity index (χ1v) is 14.3. The zero-order chi connectivity index (χ0) is 24.7. The molecule has 0 saturated heterocycles. The predicted octanol–water partition coefficient (Wildman–Crippen LogP) is 5.71. The van der Waals surface area contributed by atoms with E-state index in [1.165, 1.54) is 38.5 Å². The van der Waals surface area contributed by atoms with Crippen LogP contribution in [-0.2, 0) is 4.74 Å². The fourth-order valence-electron chi connectivity index (χ4n) is 2.80. The fourth-order valence-corrected chi connectivity index (χ4v) is 3.51. The van der Waals surface area contributed by atoms with Gasteiger partial charge >= 0.3 is 12.0 Å². The highest BCUT2D eigenvalue weighted by atomic mass is 28.3. The first-order valence-electron chi connectivity index (χ1n) is 10.6. The number of rotatable bonds is 10. The molecule has 10 heteroatoms. The summed E-state index contributed by atoms with van der Waals surface area (Å²) >= 11 is 0. The molecule has 180 valence electrons. The van der Waals surface area contributed by atoms with Crippen molar-refractivity contribution >= 4 is 14.0 Å². The number of carbonyl (C=O) groups excluding carboxylic acids is 1. The highest BCUT2D eigenvalue weighted by Gasteiger charge is 2.24. The second-order valence-corrected chi connectivity index (χ2v) is 14.1. The normalized spacial score (nSPS) is 11.0. The summed E-state index contributed by atoms with van der Waals surface area (Å²) < 4.78 is 41.2. The molecule has 0 spiro atoms. The lowest BCUT2D eigenvalue weighted by molar-refractivity contribution is 0.0519. The molecule has 3 aromatic rings. The van der Waals surface area contributed by atoms with Crippen molar-refractivity contribution in [1.29, 1.82) is 0 Å². The van der Waals surface area contributed by atoms with Crippen molar-refractivity contribution in [3.05, 3.63) is 59.9 Å². The van der Waals surface area contributed by atoms with E-state index < -0.39 is 19.9 Å². The standard InChI is InChI=1S/C24H27FN2O6Si/c1-29-20-15-21(30-2)27-24(26-20)33-19-11-7-10-18(32-17-9-6-8-16(25)14-17)22(19)23(28)31-12-13-34(3,4)5/h6-11,14-15H,12-13H2,1-5H3. The predicted molar refractivity (Wildman–Crippen MR) is 127 cm³/mol. The summed E-state index contributed by atoms with van der Waals surface area (Å²) in [6.07, 6.45) is 0. The van der Waals surface area contributed by atoms with Gasteiger partial charge in [0, 0.05) is 14.1 Å². The molecule has 1 heterocycles. The monoisotopic (exact) mass is 486 g/mol. The summed E-state index contributed by atoms with van der Waals surface area (Å²) in [5.74, 6) is -0.233. The van der Waals surface area contributed by atoms with Gasteiger partial charge in [-0.1, -0.05) is 31.8 Å². The molecule has 8 nitrogen and oxygen atoms in total. The molecule has 0 fully saturated rings. The van der Waals surface area contributed by atoms with Gasteiger partial charge in [0.25, 0.3) is 0 Å². The van der Waals surface area contributed by atoms with Crippen molar-refractivity contribution in [2.24, 2.45) is 0 Å². The van der Waals surface area contributed by atoms with E-state index in [1.807, 2.05) is 0 Å². The third kappa shape index (κ3) is 6.92. The summed E-state index contributed by atoms with van der Waals surface area (Å²) in [4.78, 5) is 21.4. The van der Waals surface area contributed by atoms with Crippen LogP contribution in [0.25, 0.3) is 0 Å². The Balaban J connectivity index is 1.98. The number of hydrogen-bond acceptors (Lipinski definition) is 8. The van der Waals surface area contributed by atoms with Crippen LogP contribution in [0.3, 0.4) is 0 Å². The highest BCUT2D eigenvalue weighted by molar-refractivity contribution is 6.76. The van der Waals surface area contributed by atoms with Gasteiger partial charge in [0.1, 0.15) is 28.6 Å². The van der Waals surface area contributed by atoms with E-state index >= 15 is 0 Å². The van der Waals surface area contributed by atoms with Crippen LogP contribution >= 0.6 is 0 Å². The molecule has 0 bridgehead atoms. The molecule has 0 aliphatic carbocycles. The number of ether oxygens (including phenoxy) is 5. The quantitative estimate of drug-likeness (QED) is 0.266. The first-order chi connectivity index (χ1) is 16.2. The number of nitrogens with zero attached hydrogens (tertiary/aromatic N) is 2. The van der Waals surface area contributed by atoms with Crippen LogP contribution in [0.4, 0.5) is 4.39 Å². The van der Waals surface area contributed by atoms with Crippen LogP contribution in [-0.4, -0.2) is 44.8 Å². The average Bonchev–Trinajstić information content (AvgIpc) is 2.78. The van der Waals surface area contributed by atoms with Gasteiger partial charge in [-0.05, 0) is 30.3 Å². The zero-order valence-electron chi connectivity index (χ0n) is 19.8. The van der Waals surface area contributed by atoms with Crippen LogP contribution in [0.15, 0.2) is 48.5 Å². The van der Waals surface area contributed by atoms with E-state index in [9.17, 15) is 9.18 Å². The lowest BCUT2D eigenvalue weighted by atomic mass is 10.1. The summed E-state index contributed by atoms with van der Waals surface area (Å²) in [6.45, 7) is 6.81. The number of benzene rings is 2. The minimum atomic E-state index is -1.43. The number of carbonyl (C=O) groups is 1. The first kappa shape index (κ1) is 25.0. The van der Waals surface area contributed by atoms with Crippen LogP contribution in [0.5, 0.6) is 35.0 Å². The van der Waals surface area contributed by atoms with Gasteiger partial charge in [0.15, 0.2) is 0 Å². The lowest BCUT2D eigenvalue weighted by Gasteiger charge is -2.17. The Bertz CT molecular complexity index is 1130. The summed E-state index contributed by atoms with van der Waals surface area (Å²) in [6, 6.07) is 12.5. The Hall–Kier alpha value is -3.66. The molecule has 0 aliphatic heterocycles. The minimum Gasteiger partial charge on any atom is -0.481 e. The van der Waals surface area contributed by atoms with Gasteiger partial charge in [-0.25, -0.2) is 9.18 Å². The Kier molecular flexibility index (Phi) is 8.06. The van der Waals surface area contributed by atoms with E-state index in [1.54, 1.807) is 24.3 Å². The van der Waals surface area contributed by atoms with E-state index in [0.29, 0.717) is 0 Å². The molecule has 3 rings (SSSR count). The van der Waals surface area contributed by atoms with Crippen molar-refractivity contribution in [2.75, 3.05) is 20.8 Å². The van der Waals surface area contributed by atoms with Crippen LogP contribution in [0.2, 0.25) is 25.7 Å². The molecule has 0 saturated carbocycles. The lowest BCUT2D eigenvalue weighted by Crippen LogP contribution is -2.23.